The van der Waals surface area contributed by atoms with E-state index in [1.165, 1.54) is 63.9 Å². The SMILES string of the molecule is CCCCC/C=C\C/C=C\CC(O)/C=C\C=C\CCCC(=O)O[C@H](COC(=O)CCCCCCCCCCCCC(C)C)COP(=O)(O)OP(=O)(O)OC[C@H]1O[C@@H](n2ccc(N)nc2=O)[C@H](O)[C@@H]1O. The number of phosphoric acid groups is 2. The number of rotatable bonds is 39. The number of aliphatic hydroxyl groups excluding tert-OH is 3. The summed E-state index contributed by atoms with van der Waals surface area (Å²) in [4.78, 5) is 61.8. The number of hydrogen-bond acceptors (Lipinski definition) is 16. The first kappa shape index (κ1) is 61.8. The molecular weight excluding hydrogens is 936 g/mol. The van der Waals surface area contributed by atoms with Crippen LogP contribution in [-0.4, -0.2) is 96.9 Å². The lowest BCUT2D eigenvalue weighted by molar-refractivity contribution is -0.161. The molecule has 0 amide bonds. The van der Waals surface area contributed by atoms with Gasteiger partial charge in [0.05, 0.1) is 19.3 Å². The van der Waals surface area contributed by atoms with Gasteiger partial charge in [0.2, 0.25) is 0 Å². The van der Waals surface area contributed by atoms with Gasteiger partial charge >= 0.3 is 33.3 Å². The summed E-state index contributed by atoms with van der Waals surface area (Å²) in [5.74, 6) is -0.690. The lowest BCUT2D eigenvalue weighted by atomic mass is 10.0. The topological polar surface area (TPSA) is 286 Å². The highest BCUT2D eigenvalue weighted by molar-refractivity contribution is 7.61. The third kappa shape index (κ3) is 29.6. The van der Waals surface area contributed by atoms with Gasteiger partial charge in [-0.2, -0.15) is 9.29 Å². The van der Waals surface area contributed by atoms with E-state index in [-0.39, 0.29) is 18.7 Å². The molecule has 1 aromatic rings. The summed E-state index contributed by atoms with van der Waals surface area (Å²) in [5, 5.41) is 31.1. The number of ether oxygens (including phenoxy) is 3. The number of allylic oxidation sites excluding steroid dienone is 6. The van der Waals surface area contributed by atoms with Crippen LogP contribution in [0.5, 0.6) is 0 Å². The summed E-state index contributed by atoms with van der Waals surface area (Å²) in [6.07, 6.45) is 26.7. The van der Waals surface area contributed by atoms with Crippen molar-refractivity contribution in [2.24, 2.45) is 5.92 Å². The average Bonchev–Trinajstić information content (AvgIpc) is 3.57. The lowest BCUT2D eigenvalue weighted by Crippen LogP contribution is -2.36. The van der Waals surface area contributed by atoms with E-state index in [0.29, 0.717) is 25.7 Å². The highest BCUT2D eigenvalue weighted by Gasteiger charge is 2.46. The molecule has 1 aliphatic heterocycles. The number of nitrogen functional groups attached to an aromatic ring is 1. The van der Waals surface area contributed by atoms with Gasteiger partial charge in [-0.05, 0) is 56.9 Å². The van der Waals surface area contributed by atoms with Gasteiger partial charge in [0, 0.05) is 19.0 Å². The fourth-order valence-corrected chi connectivity index (χ4v) is 9.15. The summed E-state index contributed by atoms with van der Waals surface area (Å²) in [5.41, 5.74) is 4.57. The van der Waals surface area contributed by atoms with Crippen molar-refractivity contribution in [3.63, 3.8) is 0 Å². The average molecular weight is 1020 g/mol. The van der Waals surface area contributed by atoms with E-state index >= 15 is 0 Å². The molecule has 0 aliphatic carbocycles. The zero-order valence-electron chi connectivity index (χ0n) is 40.9. The molecule has 0 spiro atoms. The number of carbonyl (C=O) groups excluding carboxylic acids is 2. The highest BCUT2D eigenvalue weighted by atomic mass is 31.3. The third-order valence-electron chi connectivity index (χ3n) is 10.9. The summed E-state index contributed by atoms with van der Waals surface area (Å²) in [6.45, 7) is 4.25. The smallest absolute Gasteiger partial charge is 0.462 e. The predicted octanol–water partition coefficient (Wildman–Crippen LogP) is 8.60. The van der Waals surface area contributed by atoms with Crippen LogP contribution in [0, 0.1) is 5.92 Å². The molecule has 1 saturated heterocycles. The quantitative estimate of drug-likeness (QED) is 0.0118. The second-order valence-electron chi connectivity index (χ2n) is 17.6. The van der Waals surface area contributed by atoms with E-state index < -0.39 is 89.8 Å². The number of esters is 2. The number of aliphatic hydroxyl groups is 3. The van der Waals surface area contributed by atoms with E-state index in [1.807, 2.05) is 12.2 Å². The number of hydrogen-bond donors (Lipinski definition) is 6. The van der Waals surface area contributed by atoms with Crippen molar-refractivity contribution in [1.29, 1.82) is 0 Å². The normalized spacial score (nSPS) is 20.3. The summed E-state index contributed by atoms with van der Waals surface area (Å²) < 4.78 is 56.6. The van der Waals surface area contributed by atoms with Crippen LogP contribution >= 0.6 is 15.6 Å². The molecule has 21 heteroatoms. The van der Waals surface area contributed by atoms with Crippen LogP contribution in [0.25, 0.3) is 0 Å². The Morgan fingerprint density at radius 3 is 2.13 bits per heavy atom. The molecule has 69 heavy (non-hydrogen) atoms. The number of phosphoric ester groups is 2. The van der Waals surface area contributed by atoms with E-state index in [0.717, 1.165) is 55.2 Å². The predicted molar refractivity (Wildman–Crippen MR) is 262 cm³/mol. The Morgan fingerprint density at radius 2 is 1.45 bits per heavy atom. The molecule has 1 aromatic heterocycles. The minimum Gasteiger partial charge on any atom is -0.462 e. The Morgan fingerprint density at radius 1 is 0.812 bits per heavy atom. The fraction of sp³-hybridized carbons (Fsp3) is 0.708. The minimum absolute atomic E-state index is 0.0851. The van der Waals surface area contributed by atoms with E-state index in [9.17, 15) is 48.6 Å². The first-order valence-electron chi connectivity index (χ1n) is 24.6. The van der Waals surface area contributed by atoms with Crippen LogP contribution in [0.3, 0.4) is 0 Å². The summed E-state index contributed by atoms with van der Waals surface area (Å²) in [7, 11) is -10.9. The maximum Gasteiger partial charge on any atom is 0.481 e. The monoisotopic (exact) mass is 1020 g/mol. The lowest BCUT2D eigenvalue weighted by Gasteiger charge is -2.21. The molecule has 7 N–H and O–H groups in total. The van der Waals surface area contributed by atoms with Gasteiger partial charge in [0.15, 0.2) is 12.3 Å². The molecule has 2 rings (SSSR count). The van der Waals surface area contributed by atoms with Crippen LogP contribution in [0.15, 0.2) is 65.7 Å². The maximum absolute atomic E-state index is 12.8. The number of nitrogens with zero attached hydrogens (tertiary/aromatic N) is 2. The van der Waals surface area contributed by atoms with Crippen molar-refractivity contribution >= 4 is 33.4 Å². The third-order valence-corrected chi connectivity index (χ3v) is 13.5. The van der Waals surface area contributed by atoms with E-state index in [2.05, 4.69) is 42.2 Å². The molecule has 394 valence electrons. The molecular formula is C48H81N3O16P2. The van der Waals surface area contributed by atoms with E-state index in [4.69, 9.17) is 29.0 Å². The number of nitrogens with two attached hydrogens (primary N) is 1. The van der Waals surface area contributed by atoms with Crippen LogP contribution in [0.2, 0.25) is 0 Å². The number of carbonyl (C=O) groups is 2. The van der Waals surface area contributed by atoms with Crippen molar-refractivity contribution < 1.29 is 71.4 Å². The number of aromatic nitrogens is 2. The zero-order valence-corrected chi connectivity index (χ0v) is 42.7. The Hall–Kier alpha value is -3.32. The largest absolute Gasteiger partial charge is 0.481 e. The molecule has 19 nitrogen and oxygen atoms in total. The first-order valence-corrected chi connectivity index (χ1v) is 27.6. The Balaban J connectivity index is 1.87. The molecule has 0 aromatic carbocycles. The van der Waals surface area contributed by atoms with Gasteiger partial charge in [-0.25, -0.2) is 13.9 Å². The second kappa shape index (κ2) is 35.7. The summed E-state index contributed by atoms with van der Waals surface area (Å²) >= 11 is 0. The van der Waals surface area contributed by atoms with Crippen molar-refractivity contribution in [2.45, 2.75) is 192 Å². The van der Waals surface area contributed by atoms with Crippen LogP contribution < -0.4 is 11.4 Å². The number of unbranched alkanes of at least 4 members (excludes halogenated alkanes) is 13. The van der Waals surface area contributed by atoms with Gasteiger partial charge < -0.3 is 45.1 Å². The van der Waals surface area contributed by atoms with Crippen molar-refractivity contribution in [2.75, 3.05) is 25.6 Å². The van der Waals surface area contributed by atoms with Gasteiger partial charge in [-0.1, -0.05) is 146 Å². The summed E-state index contributed by atoms with van der Waals surface area (Å²) in [6, 6.07) is 1.24. The van der Waals surface area contributed by atoms with Gasteiger partial charge in [-0.15, -0.1) is 0 Å². The Bertz CT molecular complexity index is 1870. The van der Waals surface area contributed by atoms with Gasteiger partial charge in [0.1, 0.15) is 30.7 Å². The molecule has 0 bridgehead atoms. The fourth-order valence-electron chi connectivity index (χ4n) is 7.04. The van der Waals surface area contributed by atoms with Crippen molar-refractivity contribution in [3.8, 4) is 0 Å². The zero-order chi connectivity index (χ0) is 50.9. The van der Waals surface area contributed by atoms with Crippen LogP contribution in [0.4, 0.5) is 5.82 Å². The van der Waals surface area contributed by atoms with Gasteiger partial charge in [0.25, 0.3) is 0 Å². The van der Waals surface area contributed by atoms with Gasteiger partial charge in [-0.3, -0.25) is 23.2 Å². The standard InChI is InChI=1S/C48H81N3O16P2/c1-4-5-6-7-8-11-15-19-24-29-39(52)30-25-20-17-22-27-32-44(54)65-40(35-62-43(53)31-26-21-16-13-10-9-12-14-18-23-28-38(2)3)36-63-68(58,59)67-69(60,61)64-37-41-45(55)46(56)47(66-41)51-34-33-42(49)50-48(51)57/h8,11,17,19-20,24-25,30,33-34,38-41,45-47,52,55-56H,4-7,9-10,12-16,18,21-23,26-29,31-32,35-37H2,1-3H3,(H,58,59)(H,60,61)(H2,49,50,57)/b11-8-,20-17+,24-19-,30-25-/t39?,40-,41-,45-,46-,47-/m1/s1. The first-order chi connectivity index (χ1) is 32.9. The molecule has 1 fully saturated rings. The Kier molecular flexibility index (Phi) is 32.0. The molecule has 0 radical (unpaired) electrons. The molecule has 2 heterocycles. The van der Waals surface area contributed by atoms with Crippen molar-refractivity contribution in [3.05, 3.63) is 71.4 Å². The second-order valence-corrected chi connectivity index (χ2v) is 20.7. The molecule has 1 aliphatic rings. The Labute approximate surface area is 408 Å². The maximum atomic E-state index is 12.8. The van der Waals surface area contributed by atoms with E-state index in [1.54, 1.807) is 24.3 Å². The van der Waals surface area contributed by atoms with Crippen LogP contribution in [-0.2, 0) is 46.3 Å². The van der Waals surface area contributed by atoms with Crippen molar-refractivity contribution in [1.82, 2.24) is 9.55 Å². The van der Waals surface area contributed by atoms with Crippen LogP contribution in [0.1, 0.15) is 162 Å². The molecule has 8 atom stereocenters. The highest BCUT2D eigenvalue weighted by Crippen LogP contribution is 2.60. The molecule has 3 unspecified atom stereocenters. The minimum atomic E-state index is -5.45. The molecule has 0 saturated carbocycles. The number of anilines is 1.